The van der Waals surface area contributed by atoms with Crippen molar-refractivity contribution in [3.63, 3.8) is 0 Å². The van der Waals surface area contributed by atoms with Crippen LogP contribution in [0.2, 0.25) is 0 Å². The molecule has 1 saturated heterocycles. The Kier molecular flexibility index (Phi) is 3.63. The van der Waals surface area contributed by atoms with E-state index in [9.17, 15) is 10.2 Å². The lowest BCUT2D eigenvalue weighted by molar-refractivity contribution is -0.261. The first-order valence-electron chi connectivity index (χ1n) is 4.35. The minimum Gasteiger partial charge on any atom is -0.393 e. The highest BCUT2D eigenvalue weighted by Gasteiger charge is 2.39. The Balaban J connectivity index is 2.63. The number of hydrogen-bond acceptors (Lipinski definition) is 5. The van der Waals surface area contributed by atoms with Crippen LogP contribution in [-0.4, -0.2) is 53.1 Å². The third-order valence-electron chi connectivity index (χ3n) is 2.11. The van der Waals surface area contributed by atoms with Gasteiger partial charge in [0.15, 0.2) is 5.79 Å². The van der Waals surface area contributed by atoms with Crippen molar-refractivity contribution >= 4 is 0 Å². The molecule has 0 aliphatic carbocycles. The molecule has 0 radical (unpaired) electrons. The van der Waals surface area contributed by atoms with E-state index in [-0.39, 0.29) is 19.1 Å². The van der Waals surface area contributed by atoms with E-state index in [1.165, 1.54) is 0 Å². The van der Waals surface area contributed by atoms with E-state index in [1.807, 2.05) is 0 Å². The van der Waals surface area contributed by atoms with E-state index < -0.39 is 18.5 Å². The lowest BCUT2D eigenvalue weighted by atomic mass is 10.0. The minimum absolute atomic E-state index is 0.161. The summed E-state index contributed by atoms with van der Waals surface area (Å²) in [4.78, 5) is 0. The maximum absolute atomic E-state index is 9.78. The fraction of sp³-hybridized carbons (Fsp3) is 1.00. The van der Waals surface area contributed by atoms with Crippen molar-refractivity contribution < 1.29 is 24.8 Å². The van der Waals surface area contributed by atoms with E-state index in [2.05, 4.69) is 0 Å². The molecule has 0 amide bonds. The van der Waals surface area contributed by atoms with Gasteiger partial charge in [0.1, 0.15) is 6.10 Å². The molecule has 1 aliphatic rings. The average molecular weight is 192 g/mol. The summed E-state index contributed by atoms with van der Waals surface area (Å²) in [5.74, 6) is -1.68. The van der Waals surface area contributed by atoms with Gasteiger partial charge in [0.05, 0.1) is 25.9 Å². The van der Waals surface area contributed by atoms with Gasteiger partial charge in [-0.05, 0) is 6.92 Å². The fourth-order valence-corrected chi connectivity index (χ4v) is 1.37. The Morgan fingerprint density at radius 3 is 2.85 bits per heavy atom. The summed E-state index contributed by atoms with van der Waals surface area (Å²) in [5, 5.41) is 27.8. The number of aliphatic hydroxyl groups excluding tert-OH is 2. The van der Waals surface area contributed by atoms with Gasteiger partial charge < -0.3 is 24.8 Å². The molecule has 3 N–H and O–H groups in total. The van der Waals surface area contributed by atoms with Crippen LogP contribution in [-0.2, 0) is 9.47 Å². The van der Waals surface area contributed by atoms with Gasteiger partial charge in [-0.1, -0.05) is 0 Å². The highest BCUT2D eigenvalue weighted by atomic mass is 16.7. The van der Waals surface area contributed by atoms with Crippen molar-refractivity contribution in [3.8, 4) is 0 Å². The Morgan fingerprint density at radius 2 is 2.23 bits per heavy atom. The van der Waals surface area contributed by atoms with E-state index in [1.54, 1.807) is 6.92 Å². The summed E-state index contributed by atoms with van der Waals surface area (Å²) >= 11 is 0. The molecule has 1 rings (SSSR count). The number of rotatable bonds is 2. The third kappa shape index (κ3) is 2.62. The van der Waals surface area contributed by atoms with Crippen LogP contribution >= 0.6 is 0 Å². The zero-order valence-corrected chi connectivity index (χ0v) is 7.64. The molecule has 0 aromatic carbocycles. The highest BCUT2D eigenvalue weighted by molar-refractivity contribution is 4.80. The molecule has 5 nitrogen and oxygen atoms in total. The minimum atomic E-state index is -1.68. The van der Waals surface area contributed by atoms with Crippen LogP contribution in [0, 0.1) is 0 Å². The molecule has 1 aliphatic heterocycles. The van der Waals surface area contributed by atoms with E-state index in [4.69, 9.17) is 14.6 Å². The van der Waals surface area contributed by atoms with Gasteiger partial charge in [-0.2, -0.15) is 0 Å². The van der Waals surface area contributed by atoms with Gasteiger partial charge in [0.25, 0.3) is 0 Å². The molecular formula is C8H16O5. The smallest absolute Gasteiger partial charge is 0.196 e. The zero-order chi connectivity index (χ0) is 9.90. The first-order valence-corrected chi connectivity index (χ1v) is 4.35. The maximum Gasteiger partial charge on any atom is 0.196 e. The third-order valence-corrected chi connectivity index (χ3v) is 2.11. The predicted octanol–water partition coefficient (Wildman–Crippen LogP) is -1.15. The molecule has 1 heterocycles. The second kappa shape index (κ2) is 4.34. The molecule has 0 spiro atoms. The molecule has 0 aromatic heterocycles. The summed E-state index contributed by atoms with van der Waals surface area (Å²) in [6, 6.07) is 0. The molecule has 3 unspecified atom stereocenters. The molecule has 13 heavy (non-hydrogen) atoms. The molecule has 1 fully saturated rings. The summed E-state index contributed by atoms with van der Waals surface area (Å²) < 4.78 is 10.2. The maximum atomic E-state index is 9.78. The predicted molar refractivity (Wildman–Crippen MR) is 44.0 cm³/mol. The van der Waals surface area contributed by atoms with E-state index in [0.717, 1.165) is 0 Å². The monoisotopic (exact) mass is 192 g/mol. The van der Waals surface area contributed by atoms with Crippen LogP contribution in [0.15, 0.2) is 0 Å². The number of aliphatic hydroxyl groups is 3. The van der Waals surface area contributed by atoms with Gasteiger partial charge in [-0.25, -0.2) is 0 Å². The lowest BCUT2D eigenvalue weighted by Crippen LogP contribution is -2.48. The van der Waals surface area contributed by atoms with Crippen LogP contribution in [0.3, 0.4) is 0 Å². The summed E-state index contributed by atoms with van der Waals surface area (Å²) in [7, 11) is 0. The normalized spacial score (nSPS) is 38.3. The lowest BCUT2D eigenvalue weighted by Gasteiger charge is -2.31. The van der Waals surface area contributed by atoms with Gasteiger partial charge in [-0.3, -0.25) is 0 Å². The quantitative estimate of drug-likeness (QED) is 0.515. The van der Waals surface area contributed by atoms with Crippen LogP contribution in [0.4, 0.5) is 0 Å². The van der Waals surface area contributed by atoms with Crippen LogP contribution in [0.5, 0.6) is 0 Å². The number of hydrogen-bond donors (Lipinski definition) is 3. The fourth-order valence-electron chi connectivity index (χ4n) is 1.37. The Labute approximate surface area is 76.9 Å². The zero-order valence-electron chi connectivity index (χ0n) is 7.64. The van der Waals surface area contributed by atoms with Crippen LogP contribution in [0.25, 0.3) is 0 Å². The van der Waals surface area contributed by atoms with Crippen molar-refractivity contribution in [2.75, 3.05) is 19.8 Å². The van der Waals surface area contributed by atoms with Gasteiger partial charge in [0, 0.05) is 6.42 Å². The number of ether oxygens (including phenoxy) is 2. The second-order valence-corrected chi connectivity index (χ2v) is 3.28. The molecule has 5 heteroatoms. The second-order valence-electron chi connectivity index (χ2n) is 3.28. The first kappa shape index (κ1) is 10.9. The van der Waals surface area contributed by atoms with Crippen molar-refractivity contribution in [1.82, 2.24) is 0 Å². The van der Waals surface area contributed by atoms with Gasteiger partial charge in [0.2, 0.25) is 0 Å². The molecular weight excluding hydrogens is 176 g/mol. The topological polar surface area (TPSA) is 79.2 Å². The van der Waals surface area contributed by atoms with E-state index >= 15 is 0 Å². The van der Waals surface area contributed by atoms with Crippen molar-refractivity contribution in [2.45, 2.75) is 31.3 Å². The van der Waals surface area contributed by atoms with Gasteiger partial charge >= 0.3 is 0 Å². The van der Waals surface area contributed by atoms with Crippen LogP contribution < -0.4 is 0 Å². The van der Waals surface area contributed by atoms with Crippen LogP contribution in [0.1, 0.15) is 13.3 Å². The van der Waals surface area contributed by atoms with Crippen molar-refractivity contribution in [3.05, 3.63) is 0 Å². The summed E-state index contributed by atoms with van der Waals surface area (Å²) in [6.45, 7) is 1.87. The molecule has 0 saturated carbocycles. The Hall–Kier alpha value is -0.200. The highest BCUT2D eigenvalue weighted by Crippen LogP contribution is 2.23. The Morgan fingerprint density at radius 1 is 1.54 bits per heavy atom. The first-order chi connectivity index (χ1) is 6.08. The Bertz CT molecular complexity index is 163. The van der Waals surface area contributed by atoms with Gasteiger partial charge in [-0.15, -0.1) is 0 Å². The van der Waals surface area contributed by atoms with E-state index in [0.29, 0.717) is 6.61 Å². The molecule has 3 atom stereocenters. The van der Waals surface area contributed by atoms with Crippen molar-refractivity contribution in [1.29, 1.82) is 0 Å². The van der Waals surface area contributed by atoms with Crippen molar-refractivity contribution in [2.24, 2.45) is 0 Å². The summed E-state index contributed by atoms with van der Waals surface area (Å²) in [5.41, 5.74) is 0. The SMILES string of the molecule is CC1CC(O)(C(O)CO)OCCO1. The molecule has 0 bridgehead atoms. The summed E-state index contributed by atoms with van der Waals surface area (Å²) in [6.07, 6.45) is -1.31. The average Bonchev–Trinajstić information content (AvgIpc) is 2.26. The standard InChI is InChI=1S/C8H16O5/c1-6-4-8(11,7(10)5-9)13-3-2-12-6/h6-7,9-11H,2-5H2,1H3. The molecule has 78 valence electrons. The molecule has 0 aromatic rings. The largest absolute Gasteiger partial charge is 0.393 e.